The summed E-state index contributed by atoms with van der Waals surface area (Å²) >= 11 is 5.58. The van der Waals surface area contributed by atoms with E-state index < -0.39 is 5.82 Å². The van der Waals surface area contributed by atoms with Gasteiger partial charge in [0.2, 0.25) is 5.22 Å². The van der Waals surface area contributed by atoms with Crippen LogP contribution in [0.3, 0.4) is 0 Å². The highest BCUT2D eigenvalue weighted by Gasteiger charge is 2.15. The van der Waals surface area contributed by atoms with E-state index in [1.807, 2.05) is 0 Å². The van der Waals surface area contributed by atoms with Crippen LogP contribution in [0.5, 0.6) is 0 Å². The molecular weight excluding hydrogens is 221 g/mol. The zero-order valence-corrected chi connectivity index (χ0v) is 8.16. The Labute approximate surface area is 89.4 Å². The first kappa shape index (κ1) is 9.86. The van der Waals surface area contributed by atoms with Gasteiger partial charge in [-0.05, 0) is 23.7 Å². The summed E-state index contributed by atoms with van der Waals surface area (Å²) in [5, 5.41) is 3.50. The van der Waals surface area contributed by atoms with Crippen LogP contribution >= 0.6 is 11.6 Å². The minimum Gasteiger partial charge on any atom is -0.343 e. The lowest BCUT2D eigenvalue weighted by Gasteiger charge is -1.95. The van der Waals surface area contributed by atoms with Gasteiger partial charge in [0.25, 0.3) is 0 Å². The third-order valence-electron chi connectivity index (χ3n) is 1.90. The maximum Gasteiger partial charge on any atom is 0.237 e. The van der Waals surface area contributed by atoms with E-state index in [9.17, 15) is 9.18 Å². The molecule has 0 aliphatic carbocycles. The van der Waals surface area contributed by atoms with Gasteiger partial charge in [0.15, 0.2) is 6.29 Å². The molecule has 2 rings (SSSR count). The summed E-state index contributed by atoms with van der Waals surface area (Å²) < 4.78 is 17.6. The molecule has 1 aromatic carbocycles. The summed E-state index contributed by atoms with van der Waals surface area (Å²) in [6.07, 6.45) is 0.527. The van der Waals surface area contributed by atoms with Crippen LogP contribution in [0.25, 0.3) is 11.3 Å². The first-order valence-corrected chi connectivity index (χ1v) is 4.46. The lowest BCUT2D eigenvalue weighted by atomic mass is 10.1. The Balaban J connectivity index is 2.58. The fraction of sp³-hybridized carbons (Fsp3) is 0. The predicted octanol–water partition coefficient (Wildman–Crippen LogP) is 2.95. The summed E-state index contributed by atoms with van der Waals surface area (Å²) in [5.74, 6) is -0.413. The molecule has 0 aliphatic heterocycles. The van der Waals surface area contributed by atoms with Crippen molar-refractivity contribution in [3.05, 3.63) is 40.9 Å². The van der Waals surface area contributed by atoms with Crippen LogP contribution in [0.2, 0.25) is 5.22 Å². The number of benzene rings is 1. The molecule has 0 unspecified atom stereocenters. The molecule has 0 saturated carbocycles. The fourth-order valence-electron chi connectivity index (χ4n) is 1.22. The molecule has 76 valence electrons. The zero-order chi connectivity index (χ0) is 10.8. The second kappa shape index (κ2) is 3.82. The molecule has 0 aliphatic rings. The Kier molecular flexibility index (Phi) is 2.51. The SMILES string of the molecule is O=Cc1c(-c2cccc(F)c2)noc1Cl. The number of hydrogen-bond acceptors (Lipinski definition) is 3. The van der Waals surface area contributed by atoms with Gasteiger partial charge in [-0.1, -0.05) is 17.3 Å². The van der Waals surface area contributed by atoms with E-state index in [-0.39, 0.29) is 16.5 Å². The minimum atomic E-state index is -0.413. The number of aldehydes is 1. The van der Waals surface area contributed by atoms with Crippen LogP contribution in [0.4, 0.5) is 4.39 Å². The Bertz CT molecular complexity index is 510. The molecular formula is C10H5ClFNO2. The van der Waals surface area contributed by atoms with Crippen molar-refractivity contribution in [3.63, 3.8) is 0 Å². The third kappa shape index (κ3) is 1.76. The molecule has 1 aromatic heterocycles. The van der Waals surface area contributed by atoms with E-state index in [4.69, 9.17) is 11.6 Å². The first-order chi connectivity index (χ1) is 7.22. The lowest BCUT2D eigenvalue weighted by molar-refractivity contribution is 0.112. The van der Waals surface area contributed by atoms with Gasteiger partial charge >= 0.3 is 0 Å². The Morgan fingerprint density at radius 1 is 1.47 bits per heavy atom. The maximum atomic E-state index is 12.9. The second-order valence-electron chi connectivity index (χ2n) is 2.85. The number of nitrogens with zero attached hydrogens (tertiary/aromatic N) is 1. The molecule has 1 heterocycles. The topological polar surface area (TPSA) is 43.1 Å². The largest absolute Gasteiger partial charge is 0.343 e. The predicted molar refractivity (Wildman–Crippen MR) is 52.3 cm³/mol. The fourth-order valence-corrected chi connectivity index (χ4v) is 1.39. The molecule has 0 fully saturated rings. The van der Waals surface area contributed by atoms with Crippen molar-refractivity contribution >= 4 is 17.9 Å². The Morgan fingerprint density at radius 3 is 2.93 bits per heavy atom. The highest BCUT2D eigenvalue weighted by molar-refractivity contribution is 6.31. The average molecular weight is 226 g/mol. The van der Waals surface area contributed by atoms with Crippen molar-refractivity contribution in [1.29, 1.82) is 0 Å². The van der Waals surface area contributed by atoms with Gasteiger partial charge in [-0.15, -0.1) is 0 Å². The molecule has 0 N–H and O–H groups in total. The van der Waals surface area contributed by atoms with E-state index in [0.717, 1.165) is 0 Å². The standard InChI is InChI=1S/C10H5ClFNO2/c11-10-8(5-14)9(13-15-10)6-2-1-3-7(12)4-6/h1-5H. The van der Waals surface area contributed by atoms with E-state index >= 15 is 0 Å². The zero-order valence-electron chi connectivity index (χ0n) is 7.41. The third-order valence-corrected chi connectivity index (χ3v) is 2.17. The van der Waals surface area contributed by atoms with Crippen LogP contribution in [-0.2, 0) is 0 Å². The van der Waals surface area contributed by atoms with Crippen molar-refractivity contribution in [2.45, 2.75) is 0 Å². The molecule has 0 saturated heterocycles. The lowest BCUT2D eigenvalue weighted by Crippen LogP contribution is -1.85. The van der Waals surface area contributed by atoms with Gasteiger partial charge in [-0.3, -0.25) is 4.79 Å². The quantitative estimate of drug-likeness (QED) is 0.738. The van der Waals surface area contributed by atoms with Gasteiger partial charge < -0.3 is 4.52 Å². The molecule has 5 heteroatoms. The van der Waals surface area contributed by atoms with E-state index in [1.54, 1.807) is 6.07 Å². The number of carbonyl (C=O) groups is 1. The molecule has 2 aromatic rings. The van der Waals surface area contributed by atoms with Crippen LogP contribution in [-0.4, -0.2) is 11.4 Å². The van der Waals surface area contributed by atoms with Crippen molar-refractivity contribution < 1.29 is 13.7 Å². The van der Waals surface area contributed by atoms with Gasteiger partial charge in [0.05, 0.1) is 0 Å². The van der Waals surface area contributed by atoms with E-state index in [1.165, 1.54) is 18.2 Å². The first-order valence-electron chi connectivity index (χ1n) is 4.08. The van der Waals surface area contributed by atoms with Crippen molar-refractivity contribution in [2.24, 2.45) is 0 Å². The summed E-state index contributed by atoms with van der Waals surface area (Å²) in [5.41, 5.74) is 0.824. The summed E-state index contributed by atoms with van der Waals surface area (Å²) in [4.78, 5) is 10.7. The average Bonchev–Trinajstić information content (AvgIpc) is 2.59. The van der Waals surface area contributed by atoms with Gasteiger partial charge in [-0.25, -0.2) is 4.39 Å². The molecule has 0 bridgehead atoms. The van der Waals surface area contributed by atoms with Crippen LogP contribution in [0.15, 0.2) is 28.8 Å². The highest BCUT2D eigenvalue weighted by atomic mass is 35.5. The normalized spacial score (nSPS) is 10.3. The number of rotatable bonds is 2. The molecule has 0 radical (unpaired) electrons. The van der Waals surface area contributed by atoms with Crippen molar-refractivity contribution in [1.82, 2.24) is 5.16 Å². The second-order valence-corrected chi connectivity index (χ2v) is 3.19. The minimum absolute atomic E-state index is 0.0933. The molecule has 3 nitrogen and oxygen atoms in total. The summed E-state index contributed by atoms with van der Waals surface area (Å²) in [7, 11) is 0. The molecule has 0 atom stereocenters. The maximum absolute atomic E-state index is 12.9. The summed E-state index contributed by atoms with van der Waals surface area (Å²) in [6.45, 7) is 0. The number of aromatic nitrogens is 1. The van der Waals surface area contributed by atoms with Crippen LogP contribution < -0.4 is 0 Å². The smallest absolute Gasteiger partial charge is 0.237 e. The number of carbonyl (C=O) groups excluding carboxylic acids is 1. The Hall–Kier alpha value is -1.68. The van der Waals surface area contributed by atoms with E-state index in [0.29, 0.717) is 11.8 Å². The molecule has 15 heavy (non-hydrogen) atoms. The highest BCUT2D eigenvalue weighted by Crippen LogP contribution is 2.27. The van der Waals surface area contributed by atoms with Gasteiger partial charge in [-0.2, -0.15) is 0 Å². The molecule has 0 amide bonds. The van der Waals surface area contributed by atoms with Crippen LogP contribution in [0.1, 0.15) is 10.4 Å². The van der Waals surface area contributed by atoms with Gasteiger partial charge in [0.1, 0.15) is 17.1 Å². The van der Waals surface area contributed by atoms with Crippen LogP contribution in [0, 0.1) is 5.82 Å². The van der Waals surface area contributed by atoms with Crippen molar-refractivity contribution in [3.8, 4) is 11.3 Å². The summed E-state index contributed by atoms with van der Waals surface area (Å²) in [6, 6.07) is 5.68. The van der Waals surface area contributed by atoms with Crippen molar-refractivity contribution in [2.75, 3.05) is 0 Å². The number of hydrogen-bond donors (Lipinski definition) is 0. The number of halogens is 2. The van der Waals surface area contributed by atoms with E-state index in [2.05, 4.69) is 9.68 Å². The molecule has 0 spiro atoms. The monoisotopic (exact) mass is 225 g/mol. The Morgan fingerprint density at radius 2 is 2.27 bits per heavy atom. The van der Waals surface area contributed by atoms with Gasteiger partial charge in [0, 0.05) is 5.56 Å².